The van der Waals surface area contributed by atoms with Crippen molar-refractivity contribution in [2.45, 2.75) is 51.5 Å². The first-order valence-corrected chi connectivity index (χ1v) is 8.31. The predicted molar refractivity (Wildman–Crippen MR) is 78.5 cm³/mol. The molecule has 0 saturated heterocycles. The highest BCUT2D eigenvalue weighted by molar-refractivity contribution is 5.03. The molecule has 4 heteroatoms. The summed E-state index contributed by atoms with van der Waals surface area (Å²) >= 11 is 0. The van der Waals surface area contributed by atoms with E-state index in [1.807, 2.05) is 7.05 Å². The monoisotopic (exact) mass is 274 g/mol. The molecule has 20 heavy (non-hydrogen) atoms. The summed E-state index contributed by atoms with van der Waals surface area (Å²) in [6.07, 6.45) is 8.25. The van der Waals surface area contributed by atoms with Gasteiger partial charge in [0.25, 0.3) is 0 Å². The number of aryl methyl sites for hydroxylation is 1. The molecule has 0 unspecified atom stereocenters. The fraction of sp³-hybridized carbons (Fsp3) is 0.875. The molecule has 110 valence electrons. The Hall–Kier alpha value is -0.900. The van der Waals surface area contributed by atoms with Crippen molar-refractivity contribution in [1.29, 1.82) is 0 Å². The molecule has 4 nitrogen and oxygen atoms in total. The normalized spacial score (nSPS) is 38.6. The van der Waals surface area contributed by atoms with Crippen LogP contribution < -0.4 is 5.32 Å². The second-order valence-electron chi connectivity index (χ2n) is 7.29. The average molecular weight is 274 g/mol. The van der Waals surface area contributed by atoms with Gasteiger partial charge in [0.05, 0.1) is 6.04 Å². The van der Waals surface area contributed by atoms with Crippen molar-refractivity contribution in [3.63, 3.8) is 0 Å². The lowest BCUT2D eigenvalue weighted by Gasteiger charge is -2.54. The van der Waals surface area contributed by atoms with Crippen LogP contribution in [0.5, 0.6) is 0 Å². The molecule has 4 bridgehead atoms. The number of rotatable bonds is 4. The summed E-state index contributed by atoms with van der Waals surface area (Å²) in [7, 11) is 1.99. The van der Waals surface area contributed by atoms with Crippen molar-refractivity contribution in [3.8, 4) is 0 Å². The quantitative estimate of drug-likeness (QED) is 0.916. The van der Waals surface area contributed by atoms with Crippen LogP contribution in [0.1, 0.15) is 49.8 Å². The van der Waals surface area contributed by atoms with E-state index in [9.17, 15) is 0 Å². The van der Waals surface area contributed by atoms with Gasteiger partial charge in [0.1, 0.15) is 5.82 Å². The summed E-state index contributed by atoms with van der Waals surface area (Å²) in [4.78, 5) is 4.69. The summed E-state index contributed by atoms with van der Waals surface area (Å²) in [6, 6.07) is 0.652. The van der Waals surface area contributed by atoms with Crippen molar-refractivity contribution in [2.24, 2.45) is 23.7 Å². The number of aromatic nitrogens is 3. The number of nitrogens with one attached hydrogen (secondary N) is 1. The third-order valence-corrected chi connectivity index (χ3v) is 5.90. The molecule has 4 saturated carbocycles. The molecule has 0 atom stereocenters. The van der Waals surface area contributed by atoms with E-state index < -0.39 is 0 Å². The molecule has 0 spiro atoms. The standard InChI is InChI=1S/C16H26N4/c1-10-18-15(3-4-17-2)19-20(10)16-13-6-11-5-12(8-13)9-14(16)7-11/h11-14,16-17H,3-9H2,1-2H3. The molecular formula is C16H26N4. The molecule has 0 aliphatic heterocycles. The van der Waals surface area contributed by atoms with Crippen molar-refractivity contribution in [3.05, 3.63) is 11.6 Å². The van der Waals surface area contributed by atoms with Crippen molar-refractivity contribution >= 4 is 0 Å². The van der Waals surface area contributed by atoms with Crippen molar-refractivity contribution in [1.82, 2.24) is 20.1 Å². The maximum Gasteiger partial charge on any atom is 0.152 e. The van der Waals surface area contributed by atoms with Crippen LogP contribution in [-0.4, -0.2) is 28.4 Å². The topological polar surface area (TPSA) is 42.7 Å². The number of hydrogen-bond donors (Lipinski definition) is 1. The Labute approximate surface area is 121 Å². The van der Waals surface area contributed by atoms with E-state index in [-0.39, 0.29) is 0 Å². The van der Waals surface area contributed by atoms with Crippen LogP contribution in [0.2, 0.25) is 0 Å². The minimum atomic E-state index is 0.652. The van der Waals surface area contributed by atoms with Gasteiger partial charge in [-0.3, -0.25) is 0 Å². The largest absolute Gasteiger partial charge is 0.319 e. The molecule has 0 amide bonds. The highest BCUT2D eigenvalue weighted by Gasteiger charge is 2.49. The summed E-state index contributed by atoms with van der Waals surface area (Å²) in [5.41, 5.74) is 0. The van der Waals surface area contributed by atoms with Gasteiger partial charge in [0, 0.05) is 13.0 Å². The van der Waals surface area contributed by atoms with E-state index in [2.05, 4.69) is 16.9 Å². The summed E-state index contributed by atoms with van der Waals surface area (Å²) in [6.45, 7) is 3.10. The molecule has 0 aromatic carbocycles. The Bertz CT molecular complexity index is 465. The molecule has 1 N–H and O–H groups in total. The van der Waals surface area contributed by atoms with Gasteiger partial charge in [-0.25, -0.2) is 9.67 Å². The number of hydrogen-bond acceptors (Lipinski definition) is 3. The van der Waals surface area contributed by atoms with Crippen LogP contribution in [0.3, 0.4) is 0 Å². The Balaban J connectivity index is 1.59. The van der Waals surface area contributed by atoms with Crippen LogP contribution in [0.25, 0.3) is 0 Å². The molecular weight excluding hydrogens is 248 g/mol. The Morgan fingerprint density at radius 1 is 1.10 bits per heavy atom. The smallest absolute Gasteiger partial charge is 0.152 e. The lowest BCUT2D eigenvalue weighted by atomic mass is 9.54. The molecule has 5 rings (SSSR count). The molecule has 1 heterocycles. The fourth-order valence-corrected chi connectivity index (χ4v) is 5.38. The van der Waals surface area contributed by atoms with Gasteiger partial charge in [0.2, 0.25) is 0 Å². The maximum atomic E-state index is 4.86. The van der Waals surface area contributed by atoms with E-state index in [1.54, 1.807) is 0 Å². The van der Waals surface area contributed by atoms with Crippen molar-refractivity contribution in [2.75, 3.05) is 13.6 Å². The fourth-order valence-electron chi connectivity index (χ4n) is 5.38. The van der Waals surface area contributed by atoms with E-state index in [1.165, 1.54) is 32.1 Å². The SMILES string of the molecule is CNCCc1nc(C)n(C2C3CC4CC(C3)CC2C4)n1. The minimum absolute atomic E-state index is 0.652. The number of nitrogens with zero attached hydrogens (tertiary/aromatic N) is 3. The van der Waals surface area contributed by atoms with Gasteiger partial charge in [-0.05, 0) is 69.7 Å². The van der Waals surface area contributed by atoms with Gasteiger partial charge >= 0.3 is 0 Å². The van der Waals surface area contributed by atoms with Crippen LogP contribution >= 0.6 is 0 Å². The molecule has 4 aliphatic rings. The third-order valence-electron chi connectivity index (χ3n) is 5.90. The first-order chi connectivity index (χ1) is 9.74. The molecule has 4 fully saturated rings. The molecule has 1 aromatic rings. The van der Waals surface area contributed by atoms with Gasteiger partial charge in [-0.15, -0.1) is 0 Å². The lowest BCUT2D eigenvalue weighted by molar-refractivity contribution is -0.0346. The van der Waals surface area contributed by atoms with Gasteiger partial charge in [-0.1, -0.05) is 0 Å². The van der Waals surface area contributed by atoms with Gasteiger partial charge in [0.15, 0.2) is 5.82 Å². The van der Waals surface area contributed by atoms with Crippen LogP contribution in [0, 0.1) is 30.6 Å². The average Bonchev–Trinajstić information content (AvgIpc) is 2.76. The third kappa shape index (κ3) is 2.00. The van der Waals surface area contributed by atoms with Crippen LogP contribution in [0.15, 0.2) is 0 Å². The van der Waals surface area contributed by atoms with Crippen molar-refractivity contribution < 1.29 is 0 Å². The summed E-state index contributed by atoms with van der Waals surface area (Å²) in [5, 5.41) is 8.05. The minimum Gasteiger partial charge on any atom is -0.319 e. The Kier molecular flexibility index (Phi) is 3.09. The summed E-state index contributed by atoms with van der Waals surface area (Å²) in [5.74, 6) is 5.97. The molecule has 4 aliphatic carbocycles. The van der Waals surface area contributed by atoms with Gasteiger partial charge < -0.3 is 5.32 Å². The van der Waals surface area contributed by atoms with Crippen LogP contribution in [-0.2, 0) is 6.42 Å². The summed E-state index contributed by atoms with van der Waals surface area (Å²) < 4.78 is 2.30. The van der Waals surface area contributed by atoms with E-state index in [0.717, 1.165) is 48.3 Å². The highest BCUT2D eigenvalue weighted by Crippen LogP contribution is 2.58. The van der Waals surface area contributed by atoms with E-state index in [0.29, 0.717) is 6.04 Å². The second-order valence-corrected chi connectivity index (χ2v) is 7.29. The first-order valence-electron chi connectivity index (χ1n) is 8.31. The van der Waals surface area contributed by atoms with Crippen LogP contribution in [0.4, 0.5) is 0 Å². The van der Waals surface area contributed by atoms with E-state index >= 15 is 0 Å². The zero-order valence-corrected chi connectivity index (χ0v) is 12.7. The molecule has 1 aromatic heterocycles. The van der Waals surface area contributed by atoms with Gasteiger partial charge in [-0.2, -0.15) is 5.10 Å². The zero-order valence-electron chi connectivity index (χ0n) is 12.7. The zero-order chi connectivity index (χ0) is 13.7. The predicted octanol–water partition coefficient (Wildman–Crippen LogP) is 2.35. The Morgan fingerprint density at radius 3 is 2.35 bits per heavy atom. The maximum absolute atomic E-state index is 4.86. The first kappa shape index (κ1) is 12.8. The lowest BCUT2D eigenvalue weighted by Crippen LogP contribution is -2.46. The highest BCUT2D eigenvalue weighted by atomic mass is 15.4. The van der Waals surface area contributed by atoms with E-state index in [4.69, 9.17) is 10.1 Å². The number of likely N-dealkylation sites (N-methyl/N-ethyl adjacent to an activating group) is 1. The Morgan fingerprint density at radius 2 is 1.75 bits per heavy atom. The molecule has 0 radical (unpaired) electrons. The second kappa shape index (κ2) is 4.83.